The van der Waals surface area contributed by atoms with Gasteiger partial charge in [-0.1, -0.05) is 12.1 Å². The minimum absolute atomic E-state index is 0.0224. The topological polar surface area (TPSA) is 72.1 Å². The van der Waals surface area contributed by atoms with Gasteiger partial charge in [-0.3, -0.25) is 9.78 Å². The van der Waals surface area contributed by atoms with Crippen LogP contribution in [0.4, 0.5) is 0 Å². The van der Waals surface area contributed by atoms with E-state index in [2.05, 4.69) is 9.97 Å². The van der Waals surface area contributed by atoms with Gasteiger partial charge in [0.1, 0.15) is 5.69 Å². The van der Waals surface area contributed by atoms with Crippen molar-refractivity contribution >= 4 is 16.9 Å². The molecule has 0 saturated heterocycles. The first kappa shape index (κ1) is 12.4. The summed E-state index contributed by atoms with van der Waals surface area (Å²) in [6.07, 6.45) is 1.50. The van der Waals surface area contributed by atoms with E-state index in [-0.39, 0.29) is 11.9 Å². The van der Waals surface area contributed by atoms with Crippen LogP contribution in [0, 0.1) is 0 Å². The van der Waals surface area contributed by atoms with Crippen molar-refractivity contribution in [2.24, 2.45) is 5.73 Å². The fourth-order valence-electron chi connectivity index (χ4n) is 1.60. The quantitative estimate of drug-likeness (QED) is 0.876. The minimum Gasteiger partial charge on any atom is -0.336 e. The second-order valence-electron chi connectivity index (χ2n) is 4.24. The number of likely N-dealkylation sites (N-methyl/N-ethyl adjacent to an activating group) is 1. The lowest BCUT2D eigenvalue weighted by molar-refractivity contribution is 0.0742. The molecule has 1 aromatic carbocycles. The molecule has 0 saturated carbocycles. The summed E-state index contributed by atoms with van der Waals surface area (Å²) in [5.74, 6) is -0.161. The lowest BCUT2D eigenvalue weighted by Crippen LogP contribution is -2.40. The van der Waals surface area contributed by atoms with Crippen molar-refractivity contribution in [1.29, 1.82) is 0 Å². The third kappa shape index (κ3) is 2.31. The Morgan fingerprint density at radius 1 is 1.39 bits per heavy atom. The zero-order valence-corrected chi connectivity index (χ0v) is 10.5. The molecule has 5 nitrogen and oxygen atoms in total. The molecule has 1 amide bonds. The zero-order valence-electron chi connectivity index (χ0n) is 10.5. The monoisotopic (exact) mass is 244 g/mol. The Balaban J connectivity index is 2.33. The van der Waals surface area contributed by atoms with Crippen LogP contribution in [0.1, 0.15) is 17.4 Å². The number of nitrogens with two attached hydrogens (primary N) is 1. The van der Waals surface area contributed by atoms with E-state index in [1.807, 2.05) is 31.2 Å². The third-order valence-corrected chi connectivity index (χ3v) is 2.99. The zero-order chi connectivity index (χ0) is 13.1. The molecule has 1 unspecified atom stereocenters. The van der Waals surface area contributed by atoms with Gasteiger partial charge in [-0.15, -0.1) is 0 Å². The van der Waals surface area contributed by atoms with Crippen molar-refractivity contribution in [3.05, 3.63) is 36.2 Å². The molecule has 2 rings (SSSR count). The minimum atomic E-state index is -0.161. The molecule has 0 spiro atoms. The van der Waals surface area contributed by atoms with Crippen LogP contribution >= 0.6 is 0 Å². The summed E-state index contributed by atoms with van der Waals surface area (Å²) in [6, 6.07) is 7.44. The molecule has 0 aliphatic heterocycles. The first-order valence-electron chi connectivity index (χ1n) is 5.82. The Labute approximate surface area is 106 Å². The van der Waals surface area contributed by atoms with E-state index >= 15 is 0 Å². The SMILES string of the molecule is CC(CN)N(C)C(=O)c1cnc2ccccc2n1. The number of nitrogens with zero attached hydrogens (tertiary/aromatic N) is 3. The van der Waals surface area contributed by atoms with E-state index in [0.29, 0.717) is 12.2 Å². The fourth-order valence-corrected chi connectivity index (χ4v) is 1.60. The van der Waals surface area contributed by atoms with E-state index in [1.165, 1.54) is 6.20 Å². The van der Waals surface area contributed by atoms with Gasteiger partial charge in [0, 0.05) is 19.6 Å². The van der Waals surface area contributed by atoms with Crippen LogP contribution in [-0.4, -0.2) is 40.4 Å². The first-order chi connectivity index (χ1) is 8.63. The molecule has 2 aromatic rings. The van der Waals surface area contributed by atoms with Crippen LogP contribution in [0.25, 0.3) is 11.0 Å². The molecular formula is C13H16N4O. The van der Waals surface area contributed by atoms with Gasteiger partial charge < -0.3 is 10.6 Å². The summed E-state index contributed by atoms with van der Waals surface area (Å²) >= 11 is 0. The van der Waals surface area contributed by atoms with Gasteiger partial charge in [0.2, 0.25) is 0 Å². The van der Waals surface area contributed by atoms with Crippen molar-refractivity contribution < 1.29 is 4.79 Å². The van der Waals surface area contributed by atoms with Crippen LogP contribution in [0.2, 0.25) is 0 Å². The van der Waals surface area contributed by atoms with Gasteiger partial charge in [-0.25, -0.2) is 4.98 Å². The number of aromatic nitrogens is 2. The first-order valence-corrected chi connectivity index (χ1v) is 5.82. The fraction of sp³-hybridized carbons (Fsp3) is 0.308. The van der Waals surface area contributed by atoms with Crippen molar-refractivity contribution in [3.63, 3.8) is 0 Å². The third-order valence-electron chi connectivity index (χ3n) is 2.99. The van der Waals surface area contributed by atoms with Crippen LogP contribution < -0.4 is 5.73 Å². The molecule has 5 heteroatoms. The number of fused-ring (bicyclic) bond motifs is 1. The molecule has 94 valence electrons. The van der Waals surface area contributed by atoms with Gasteiger partial charge in [0.15, 0.2) is 0 Å². The van der Waals surface area contributed by atoms with E-state index in [4.69, 9.17) is 5.73 Å². The lowest BCUT2D eigenvalue weighted by atomic mass is 10.2. The number of amides is 1. The molecule has 0 aliphatic rings. The van der Waals surface area contributed by atoms with Crippen molar-refractivity contribution in [3.8, 4) is 0 Å². The standard InChI is InChI=1S/C13H16N4O/c1-9(7-14)17(2)13(18)12-8-15-10-5-3-4-6-11(10)16-12/h3-6,8-9H,7,14H2,1-2H3. The van der Waals surface area contributed by atoms with Crippen molar-refractivity contribution in [2.75, 3.05) is 13.6 Å². The Morgan fingerprint density at radius 3 is 2.72 bits per heavy atom. The Bertz CT molecular complexity index is 570. The predicted octanol–water partition coefficient (Wildman–Crippen LogP) is 1.05. The predicted molar refractivity (Wildman–Crippen MR) is 70.1 cm³/mol. The highest BCUT2D eigenvalue weighted by atomic mass is 16.2. The molecule has 1 aromatic heterocycles. The highest BCUT2D eigenvalue weighted by Gasteiger charge is 2.18. The largest absolute Gasteiger partial charge is 0.336 e. The van der Waals surface area contributed by atoms with Gasteiger partial charge in [0.05, 0.1) is 17.2 Å². The van der Waals surface area contributed by atoms with Crippen LogP contribution in [0.15, 0.2) is 30.5 Å². The summed E-state index contributed by atoms with van der Waals surface area (Å²) < 4.78 is 0. The lowest BCUT2D eigenvalue weighted by Gasteiger charge is -2.23. The summed E-state index contributed by atoms with van der Waals surface area (Å²) in [5.41, 5.74) is 7.39. The molecular weight excluding hydrogens is 228 g/mol. The van der Waals surface area contributed by atoms with Gasteiger partial charge >= 0.3 is 0 Å². The Morgan fingerprint density at radius 2 is 2.06 bits per heavy atom. The highest BCUT2D eigenvalue weighted by Crippen LogP contribution is 2.10. The number of hydrogen-bond donors (Lipinski definition) is 1. The number of carbonyl (C=O) groups excluding carboxylic acids is 1. The van der Waals surface area contributed by atoms with E-state index < -0.39 is 0 Å². The maximum absolute atomic E-state index is 12.2. The van der Waals surface area contributed by atoms with Crippen molar-refractivity contribution in [2.45, 2.75) is 13.0 Å². The summed E-state index contributed by atoms with van der Waals surface area (Å²) in [5, 5.41) is 0. The maximum atomic E-state index is 12.2. The van der Waals surface area contributed by atoms with E-state index in [9.17, 15) is 4.79 Å². The molecule has 0 aliphatic carbocycles. The summed E-state index contributed by atoms with van der Waals surface area (Å²) in [7, 11) is 1.72. The summed E-state index contributed by atoms with van der Waals surface area (Å²) in [4.78, 5) is 22.3. The second-order valence-corrected chi connectivity index (χ2v) is 4.24. The Hall–Kier alpha value is -2.01. The Kier molecular flexibility index (Phi) is 3.53. The van der Waals surface area contributed by atoms with E-state index in [0.717, 1.165) is 11.0 Å². The number of carbonyl (C=O) groups is 1. The number of benzene rings is 1. The van der Waals surface area contributed by atoms with Crippen molar-refractivity contribution in [1.82, 2.24) is 14.9 Å². The summed E-state index contributed by atoms with van der Waals surface area (Å²) in [6.45, 7) is 2.32. The maximum Gasteiger partial charge on any atom is 0.274 e. The normalized spacial score (nSPS) is 12.4. The van der Waals surface area contributed by atoms with Crippen LogP contribution in [0.5, 0.6) is 0 Å². The average molecular weight is 244 g/mol. The molecule has 0 fully saturated rings. The molecule has 0 radical (unpaired) electrons. The molecule has 2 N–H and O–H groups in total. The number of rotatable bonds is 3. The second kappa shape index (κ2) is 5.10. The average Bonchev–Trinajstić information content (AvgIpc) is 2.44. The van der Waals surface area contributed by atoms with Gasteiger partial charge in [-0.05, 0) is 19.1 Å². The smallest absolute Gasteiger partial charge is 0.274 e. The number of hydrogen-bond acceptors (Lipinski definition) is 4. The van der Waals surface area contributed by atoms with Crippen LogP contribution in [-0.2, 0) is 0 Å². The van der Waals surface area contributed by atoms with Crippen LogP contribution in [0.3, 0.4) is 0 Å². The van der Waals surface area contributed by atoms with Gasteiger partial charge in [-0.2, -0.15) is 0 Å². The van der Waals surface area contributed by atoms with Gasteiger partial charge in [0.25, 0.3) is 5.91 Å². The molecule has 1 atom stereocenters. The molecule has 1 heterocycles. The molecule has 0 bridgehead atoms. The molecule has 18 heavy (non-hydrogen) atoms. The highest BCUT2D eigenvalue weighted by molar-refractivity contribution is 5.93. The number of para-hydroxylation sites is 2. The van der Waals surface area contributed by atoms with E-state index in [1.54, 1.807) is 11.9 Å².